The number of pyridine rings is 1. The molecule has 2 unspecified atom stereocenters. The molecule has 98 valence electrons. The van der Waals surface area contributed by atoms with Crippen LogP contribution < -0.4 is 10.2 Å². The van der Waals surface area contributed by atoms with E-state index in [0.717, 1.165) is 19.0 Å². The standard InChI is InChI=1S/C15H23N3/c1-3-13-9-17-15(12-4-5-12)10-18(13)14-6-11(2)7-16-8-14/h6-8,12-13,15,17H,3-5,9-10H2,1-2H3. The molecule has 2 atom stereocenters. The molecule has 1 saturated carbocycles. The third-order valence-corrected chi connectivity index (χ3v) is 4.30. The number of aryl methyl sites for hydroxylation is 1. The predicted octanol–water partition coefficient (Wildman–Crippen LogP) is 2.36. The summed E-state index contributed by atoms with van der Waals surface area (Å²) in [5.41, 5.74) is 2.55. The fraction of sp³-hybridized carbons (Fsp3) is 0.667. The van der Waals surface area contributed by atoms with Crippen molar-refractivity contribution in [3.63, 3.8) is 0 Å². The summed E-state index contributed by atoms with van der Waals surface area (Å²) in [5, 5.41) is 3.73. The Labute approximate surface area is 110 Å². The molecule has 2 aliphatic rings. The summed E-state index contributed by atoms with van der Waals surface area (Å²) >= 11 is 0. The van der Waals surface area contributed by atoms with Crippen LogP contribution in [0, 0.1) is 12.8 Å². The Balaban J connectivity index is 1.80. The van der Waals surface area contributed by atoms with E-state index in [1.807, 2.05) is 12.4 Å². The van der Waals surface area contributed by atoms with E-state index in [1.165, 1.54) is 30.5 Å². The molecule has 0 aromatic carbocycles. The van der Waals surface area contributed by atoms with Crippen LogP contribution in [0.4, 0.5) is 5.69 Å². The number of anilines is 1. The molecule has 0 spiro atoms. The molecule has 1 aromatic heterocycles. The Morgan fingerprint density at radius 3 is 2.89 bits per heavy atom. The number of aromatic nitrogens is 1. The van der Waals surface area contributed by atoms with E-state index in [9.17, 15) is 0 Å². The second-order valence-corrected chi connectivity index (χ2v) is 5.79. The van der Waals surface area contributed by atoms with Gasteiger partial charge in [0, 0.05) is 31.4 Å². The van der Waals surface area contributed by atoms with Crippen LogP contribution in [0.5, 0.6) is 0 Å². The lowest BCUT2D eigenvalue weighted by Crippen LogP contribution is -2.57. The maximum absolute atomic E-state index is 4.35. The number of nitrogens with one attached hydrogen (secondary N) is 1. The van der Waals surface area contributed by atoms with Crippen molar-refractivity contribution in [1.82, 2.24) is 10.3 Å². The second-order valence-electron chi connectivity index (χ2n) is 5.79. The quantitative estimate of drug-likeness (QED) is 0.886. The zero-order valence-electron chi connectivity index (χ0n) is 11.4. The minimum Gasteiger partial charge on any atom is -0.364 e. The maximum Gasteiger partial charge on any atom is 0.0558 e. The molecule has 3 heteroatoms. The molecule has 3 nitrogen and oxygen atoms in total. The van der Waals surface area contributed by atoms with Crippen molar-refractivity contribution in [3.05, 3.63) is 24.0 Å². The van der Waals surface area contributed by atoms with Crippen LogP contribution in [-0.4, -0.2) is 30.2 Å². The highest BCUT2D eigenvalue weighted by Crippen LogP contribution is 2.35. The van der Waals surface area contributed by atoms with Gasteiger partial charge in [-0.15, -0.1) is 0 Å². The van der Waals surface area contributed by atoms with Crippen LogP contribution in [0.25, 0.3) is 0 Å². The van der Waals surface area contributed by atoms with Crippen LogP contribution >= 0.6 is 0 Å². The highest BCUT2D eigenvalue weighted by Gasteiger charge is 2.36. The summed E-state index contributed by atoms with van der Waals surface area (Å²) < 4.78 is 0. The molecule has 1 N–H and O–H groups in total. The van der Waals surface area contributed by atoms with Crippen molar-refractivity contribution < 1.29 is 0 Å². The molecule has 3 rings (SSSR count). The maximum atomic E-state index is 4.35. The second kappa shape index (κ2) is 4.88. The van der Waals surface area contributed by atoms with Crippen molar-refractivity contribution in [1.29, 1.82) is 0 Å². The third-order valence-electron chi connectivity index (χ3n) is 4.30. The smallest absolute Gasteiger partial charge is 0.0558 e. The summed E-state index contributed by atoms with van der Waals surface area (Å²) in [7, 11) is 0. The number of piperazine rings is 1. The van der Waals surface area contributed by atoms with Crippen LogP contribution in [-0.2, 0) is 0 Å². The first-order valence-corrected chi connectivity index (χ1v) is 7.19. The first-order chi connectivity index (χ1) is 8.78. The fourth-order valence-electron chi connectivity index (χ4n) is 3.01. The molecule has 0 amide bonds. The highest BCUT2D eigenvalue weighted by molar-refractivity contribution is 5.48. The van der Waals surface area contributed by atoms with Crippen molar-refractivity contribution in [3.8, 4) is 0 Å². The lowest BCUT2D eigenvalue weighted by atomic mass is 10.0. The predicted molar refractivity (Wildman–Crippen MR) is 74.9 cm³/mol. The van der Waals surface area contributed by atoms with Gasteiger partial charge in [0.15, 0.2) is 0 Å². The largest absolute Gasteiger partial charge is 0.364 e. The van der Waals surface area contributed by atoms with Crippen molar-refractivity contribution >= 4 is 5.69 Å². The molecule has 1 aromatic rings. The summed E-state index contributed by atoms with van der Waals surface area (Å²) in [6.07, 6.45) is 7.97. The summed E-state index contributed by atoms with van der Waals surface area (Å²) in [4.78, 5) is 6.92. The third kappa shape index (κ3) is 2.37. The first kappa shape index (κ1) is 12.0. The van der Waals surface area contributed by atoms with E-state index >= 15 is 0 Å². The number of hydrogen-bond acceptors (Lipinski definition) is 3. The molecule has 2 heterocycles. The van der Waals surface area contributed by atoms with Crippen LogP contribution in [0.3, 0.4) is 0 Å². The molecule has 18 heavy (non-hydrogen) atoms. The normalized spacial score (nSPS) is 28.4. The van der Waals surface area contributed by atoms with Crippen molar-refractivity contribution in [2.24, 2.45) is 5.92 Å². The molecular weight excluding hydrogens is 222 g/mol. The number of rotatable bonds is 3. The van der Waals surface area contributed by atoms with E-state index < -0.39 is 0 Å². The molecule has 1 aliphatic heterocycles. The van der Waals surface area contributed by atoms with Gasteiger partial charge in [-0.25, -0.2) is 0 Å². The average molecular weight is 245 g/mol. The Bertz CT molecular complexity index is 414. The molecule has 1 saturated heterocycles. The van der Waals surface area contributed by atoms with Crippen molar-refractivity contribution in [2.75, 3.05) is 18.0 Å². The lowest BCUT2D eigenvalue weighted by Gasteiger charge is -2.42. The Kier molecular flexibility index (Phi) is 3.25. The van der Waals surface area contributed by atoms with Gasteiger partial charge in [-0.05, 0) is 43.7 Å². The minimum absolute atomic E-state index is 0.614. The summed E-state index contributed by atoms with van der Waals surface area (Å²) in [5.74, 6) is 0.920. The topological polar surface area (TPSA) is 28.2 Å². The monoisotopic (exact) mass is 245 g/mol. The molecular formula is C15H23N3. The van der Waals surface area contributed by atoms with Gasteiger partial charge in [0.1, 0.15) is 0 Å². The average Bonchev–Trinajstić information content (AvgIpc) is 3.22. The molecule has 1 aliphatic carbocycles. The van der Waals surface area contributed by atoms with Crippen LogP contribution in [0.2, 0.25) is 0 Å². The van der Waals surface area contributed by atoms with Gasteiger partial charge in [-0.1, -0.05) is 6.92 Å². The van der Waals surface area contributed by atoms with E-state index in [4.69, 9.17) is 0 Å². The number of nitrogens with zero attached hydrogens (tertiary/aromatic N) is 2. The molecule has 0 radical (unpaired) electrons. The van der Waals surface area contributed by atoms with Gasteiger partial charge in [0.2, 0.25) is 0 Å². The zero-order chi connectivity index (χ0) is 12.5. The first-order valence-electron chi connectivity index (χ1n) is 7.19. The van der Waals surface area contributed by atoms with Gasteiger partial charge in [-0.2, -0.15) is 0 Å². The summed E-state index contributed by atoms with van der Waals surface area (Å²) in [6, 6.07) is 3.57. The van der Waals surface area contributed by atoms with E-state index in [2.05, 4.69) is 35.1 Å². The van der Waals surface area contributed by atoms with Gasteiger partial charge < -0.3 is 10.2 Å². The lowest BCUT2D eigenvalue weighted by molar-refractivity contribution is 0.359. The van der Waals surface area contributed by atoms with Gasteiger partial charge in [0.05, 0.1) is 11.9 Å². The Hall–Kier alpha value is -1.09. The Morgan fingerprint density at radius 1 is 1.39 bits per heavy atom. The molecule has 0 bridgehead atoms. The van der Waals surface area contributed by atoms with Gasteiger partial charge in [0.25, 0.3) is 0 Å². The van der Waals surface area contributed by atoms with Crippen molar-refractivity contribution in [2.45, 2.75) is 45.2 Å². The Morgan fingerprint density at radius 2 is 2.22 bits per heavy atom. The fourth-order valence-corrected chi connectivity index (χ4v) is 3.01. The van der Waals surface area contributed by atoms with E-state index in [1.54, 1.807) is 0 Å². The molecule has 2 fully saturated rings. The highest BCUT2D eigenvalue weighted by atomic mass is 15.2. The van der Waals surface area contributed by atoms with Crippen LogP contribution in [0.1, 0.15) is 31.7 Å². The number of hydrogen-bond donors (Lipinski definition) is 1. The van der Waals surface area contributed by atoms with Gasteiger partial charge in [-0.3, -0.25) is 4.98 Å². The summed E-state index contributed by atoms with van der Waals surface area (Å²) in [6.45, 7) is 6.66. The van der Waals surface area contributed by atoms with Crippen LogP contribution in [0.15, 0.2) is 18.5 Å². The van der Waals surface area contributed by atoms with E-state index in [-0.39, 0.29) is 0 Å². The van der Waals surface area contributed by atoms with E-state index in [0.29, 0.717) is 12.1 Å². The zero-order valence-corrected chi connectivity index (χ0v) is 11.4. The minimum atomic E-state index is 0.614. The SMILES string of the molecule is CCC1CNC(C2CC2)CN1c1cncc(C)c1. The van der Waals surface area contributed by atoms with Gasteiger partial charge >= 0.3 is 0 Å².